The molecular formula is C20H21ClN6O2. The zero-order valence-corrected chi connectivity index (χ0v) is 17.0. The molecule has 0 unspecified atom stereocenters. The molecule has 150 valence electrons. The molecule has 1 amide bonds. The summed E-state index contributed by atoms with van der Waals surface area (Å²) in [5.41, 5.74) is 1.89. The summed E-state index contributed by atoms with van der Waals surface area (Å²) in [6, 6.07) is 9.54. The monoisotopic (exact) mass is 412 g/mol. The van der Waals surface area contributed by atoms with Crippen molar-refractivity contribution in [2.45, 2.75) is 6.92 Å². The molecule has 0 saturated carbocycles. The lowest BCUT2D eigenvalue weighted by molar-refractivity contribution is 0.0746. The average Bonchev–Trinajstić information content (AvgIpc) is 3.08. The van der Waals surface area contributed by atoms with Gasteiger partial charge in [-0.2, -0.15) is 10.1 Å². The highest BCUT2D eigenvalue weighted by molar-refractivity contribution is 6.33. The highest BCUT2D eigenvalue weighted by atomic mass is 35.5. The Morgan fingerprint density at radius 3 is 2.52 bits per heavy atom. The van der Waals surface area contributed by atoms with Gasteiger partial charge in [-0.05, 0) is 19.1 Å². The van der Waals surface area contributed by atoms with Gasteiger partial charge in [-0.1, -0.05) is 29.8 Å². The molecule has 1 aliphatic rings. The van der Waals surface area contributed by atoms with E-state index >= 15 is 0 Å². The van der Waals surface area contributed by atoms with Gasteiger partial charge < -0.3 is 14.5 Å². The van der Waals surface area contributed by atoms with E-state index in [4.69, 9.17) is 16.3 Å². The number of methoxy groups -OCH3 is 1. The number of piperazine rings is 1. The van der Waals surface area contributed by atoms with Crippen molar-refractivity contribution in [2.24, 2.45) is 0 Å². The lowest BCUT2D eigenvalue weighted by Gasteiger charge is -2.35. The van der Waals surface area contributed by atoms with Crippen molar-refractivity contribution in [3.05, 3.63) is 59.1 Å². The number of para-hydroxylation sites is 1. The molecule has 0 radical (unpaired) electrons. The number of anilines is 1. The number of aromatic nitrogens is 4. The van der Waals surface area contributed by atoms with Crippen molar-refractivity contribution in [2.75, 3.05) is 38.2 Å². The van der Waals surface area contributed by atoms with Gasteiger partial charge in [0.2, 0.25) is 5.88 Å². The molecule has 0 N–H and O–H groups in total. The fourth-order valence-electron chi connectivity index (χ4n) is 3.37. The van der Waals surface area contributed by atoms with Crippen LogP contribution in [0.3, 0.4) is 0 Å². The fourth-order valence-corrected chi connectivity index (χ4v) is 3.72. The van der Waals surface area contributed by atoms with Gasteiger partial charge in [-0.25, -0.2) is 4.68 Å². The van der Waals surface area contributed by atoms with Crippen LogP contribution in [-0.2, 0) is 0 Å². The first-order chi connectivity index (χ1) is 14.1. The van der Waals surface area contributed by atoms with Crippen LogP contribution in [-0.4, -0.2) is 63.8 Å². The number of ether oxygens (including phenoxy) is 1. The summed E-state index contributed by atoms with van der Waals surface area (Å²) in [5, 5.41) is 4.81. The Kier molecular flexibility index (Phi) is 5.35. The molecule has 1 aliphatic heterocycles. The number of halogens is 1. The van der Waals surface area contributed by atoms with Gasteiger partial charge in [0.05, 0.1) is 36.4 Å². The molecular weight excluding hydrogens is 392 g/mol. The molecule has 4 rings (SSSR count). The summed E-state index contributed by atoms with van der Waals surface area (Å²) in [5.74, 6) is 1.10. The smallest absolute Gasteiger partial charge is 0.259 e. The summed E-state index contributed by atoms with van der Waals surface area (Å²) in [6.07, 6.45) is 3.27. The van der Waals surface area contributed by atoms with Crippen LogP contribution in [0.25, 0.3) is 5.69 Å². The number of benzene rings is 1. The van der Waals surface area contributed by atoms with Crippen molar-refractivity contribution in [3.63, 3.8) is 0 Å². The third kappa shape index (κ3) is 3.75. The van der Waals surface area contributed by atoms with Crippen LogP contribution in [0.2, 0.25) is 5.15 Å². The Labute approximate surface area is 173 Å². The van der Waals surface area contributed by atoms with Crippen LogP contribution >= 0.6 is 11.6 Å². The average molecular weight is 413 g/mol. The van der Waals surface area contributed by atoms with Gasteiger partial charge in [0.25, 0.3) is 5.91 Å². The van der Waals surface area contributed by atoms with E-state index in [1.165, 1.54) is 0 Å². The minimum absolute atomic E-state index is 0.106. The number of nitrogens with zero attached hydrogens (tertiary/aromatic N) is 6. The van der Waals surface area contributed by atoms with Crippen molar-refractivity contribution >= 4 is 23.3 Å². The maximum Gasteiger partial charge on any atom is 0.259 e. The molecule has 9 heteroatoms. The summed E-state index contributed by atoms with van der Waals surface area (Å²) >= 11 is 6.55. The van der Waals surface area contributed by atoms with Crippen molar-refractivity contribution in [3.8, 4) is 11.6 Å². The van der Waals surface area contributed by atoms with Gasteiger partial charge in [0.15, 0.2) is 5.82 Å². The van der Waals surface area contributed by atoms with Crippen molar-refractivity contribution in [1.82, 2.24) is 24.6 Å². The van der Waals surface area contributed by atoms with E-state index in [1.807, 2.05) is 30.3 Å². The standard InChI is InChI=1S/C20H21ClN6O2/c1-14-18(19(21)27(24-14)15-6-4-3-5-7-15)20(28)26-10-8-25(9-11-26)16-12-22-13-17(23-16)29-2/h3-7,12-13H,8-11H2,1-2H3. The van der Waals surface area contributed by atoms with Gasteiger partial charge in [-0.3, -0.25) is 9.78 Å². The Morgan fingerprint density at radius 1 is 1.10 bits per heavy atom. The first-order valence-corrected chi connectivity index (χ1v) is 9.67. The van der Waals surface area contributed by atoms with Gasteiger partial charge in [0, 0.05) is 26.2 Å². The lowest BCUT2D eigenvalue weighted by Crippen LogP contribution is -2.49. The predicted octanol–water partition coefficient (Wildman–Crippen LogP) is 2.60. The van der Waals surface area contributed by atoms with E-state index in [2.05, 4.69) is 20.0 Å². The zero-order valence-electron chi connectivity index (χ0n) is 16.2. The fraction of sp³-hybridized carbons (Fsp3) is 0.300. The van der Waals surface area contributed by atoms with E-state index in [0.29, 0.717) is 48.5 Å². The first kappa shape index (κ1) is 19.2. The number of hydrogen-bond acceptors (Lipinski definition) is 6. The molecule has 1 saturated heterocycles. The second-order valence-electron chi connectivity index (χ2n) is 6.70. The minimum atomic E-state index is -0.106. The number of amides is 1. The molecule has 1 fully saturated rings. The number of carbonyl (C=O) groups excluding carboxylic acids is 1. The van der Waals surface area contributed by atoms with E-state index in [9.17, 15) is 4.79 Å². The molecule has 0 aliphatic carbocycles. The summed E-state index contributed by atoms with van der Waals surface area (Å²) < 4.78 is 6.74. The zero-order chi connectivity index (χ0) is 20.4. The topological polar surface area (TPSA) is 76.4 Å². The second-order valence-corrected chi connectivity index (χ2v) is 7.06. The van der Waals surface area contributed by atoms with Crippen LogP contribution in [0.4, 0.5) is 5.82 Å². The largest absolute Gasteiger partial charge is 0.480 e. The Bertz CT molecular complexity index is 1020. The summed E-state index contributed by atoms with van der Waals surface area (Å²) in [4.78, 5) is 25.6. The van der Waals surface area contributed by atoms with Crippen molar-refractivity contribution < 1.29 is 9.53 Å². The molecule has 3 heterocycles. The Balaban J connectivity index is 1.50. The van der Waals surface area contributed by atoms with Gasteiger partial charge in [-0.15, -0.1) is 0 Å². The van der Waals surface area contributed by atoms with E-state index in [-0.39, 0.29) is 5.91 Å². The van der Waals surface area contributed by atoms with Crippen LogP contribution in [0.15, 0.2) is 42.7 Å². The highest BCUT2D eigenvalue weighted by Crippen LogP contribution is 2.26. The van der Waals surface area contributed by atoms with Crippen LogP contribution in [0.5, 0.6) is 5.88 Å². The molecule has 0 atom stereocenters. The predicted molar refractivity (Wildman–Crippen MR) is 110 cm³/mol. The molecule has 0 spiro atoms. The number of carbonyl (C=O) groups is 1. The van der Waals surface area contributed by atoms with Crippen LogP contribution in [0.1, 0.15) is 16.1 Å². The lowest BCUT2D eigenvalue weighted by atomic mass is 10.2. The van der Waals surface area contributed by atoms with Gasteiger partial charge >= 0.3 is 0 Å². The minimum Gasteiger partial charge on any atom is -0.480 e. The van der Waals surface area contributed by atoms with Gasteiger partial charge in [0.1, 0.15) is 5.15 Å². The molecule has 3 aromatic rings. The molecule has 0 bridgehead atoms. The molecule has 2 aromatic heterocycles. The van der Waals surface area contributed by atoms with E-state index in [1.54, 1.807) is 36.0 Å². The number of aryl methyl sites for hydroxylation is 1. The third-order valence-electron chi connectivity index (χ3n) is 4.92. The highest BCUT2D eigenvalue weighted by Gasteiger charge is 2.28. The maximum atomic E-state index is 13.2. The van der Waals surface area contributed by atoms with E-state index in [0.717, 1.165) is 11.5 Å². The third-order valence-corrected chi connectivity index (χ3v) is 5.27. The number of rotatable bonds is 4. The maximum absolute atomic E-state index is 13.2. The molecule has 8 nitrogen and oxygen atoms in total. The molecule has 1 aromatic carbocycles. The quantitative estimate of drug-likeness (QED) is 0.655. The summed E-state index contributed by atoms with van der Waals surface area (Å²) in [7, 11) is 1.56. The Hall–Kier alpha value is -3.13. The summed E-state index contributed by atoms with van der Waals surface area (Å²) in [6.45, 7) is 4.23. The van der Waals surface area contributed by atoms with E-state index < -0.39 is 0 Å². The number of hydrogen-bond donors (Lipinski definition) is 0. The van der Waals surface area contributed by atoms with Crippen LogP contribution < -0.4 is 9.64 Å². The van der Waals surface area contributed by atoms with Crippen LogP contribution in [0, 0.1) is 6.92 Å². The second kappa shape index (κ2) is 8.08. The SMILES string of the molecule is COc1cncc(N2CCN(C(=O)c3c(C)nn(-c4ccccc4)c3Cl)CC2)n1. The van der Waals surface area contributed by atoms with Crippen molar-refractivity contribution in [1.29, 1.82) is 0 Å². The Morgan fingerprint density at radius 2 is 1.83 bits per heavy atom. The first-order valence-electron chi connectivity index (χ1n) is 9.29. The molecule has 29 heavy (non-hydrogen) atoms. The normalized spacial score (nSPS) is 14.2.